The van der Waals surface area contributed by atoms with Gasteiger partial charge in [0.25, 0.3) is 0 Å². The van der Waals surface area contributed by atoms with Crippen LogP contribution in [0.15, 0.2) is 0 Å². The number of carbonyl (C=O) groups excluding carboxylic acids is 1. The molecule has 4 nitrogen and oxygen atoms in total. The van der Waals surface area contributed by atoms with Gasteiger partial charge in [-0.3, -0.25) is 4.79 Å². The lowest BCUT2D eigenvalue weighted by Crippen LogP contribution is -2.47. The Bertz CT molecular complexity index is 240. The molecule has 1 atom stereocenters. The Balaban J connectivity index is 2.39. The highest BCUT2D eigenvalue weighted by molar-refractivity contribution is 5.81. The molecule has 0 aromatic rings. The normalized spacial score (nSPS) is 17.2. The first-order chi connectivity index (χ1) is 8.06. The SMILES string of the molecule is COCCCC(N)C(=O)N(CC1CC1)C(C)C. The van der Waals surface area contributed by atoms with E-state index in [1.807, 2.05) is 4.90 Å². The van der Waals surface area contributed by atoms with Crippen molar-refractivity contribution in [2.24, 2.45) is 11.7 Å². The van der Waals surface area contributed by atoms with Crippen LogP contribution in [0.2, 0.25) is 0 Å². The maximum atomic E-state index is 12.2. The maximum absolute atomic E-state index is 12.2. The summed E-state index contributed by atoms with van der Waals surface area (Å²) in [6.45, 7) is 5.67. The van der Waals surface area contributed by atoms with Gasteiger partial charge in [0.15, 0.2) is 0 Å². The molecule has 1 unspecified atom stereocenters. The van der Waals surface area contributed by atoms with Gasteiger partial charge in [-0.05, 0) is 45.4 Å². The van der Waals surface area contributed by atoms with Crippen molar-refractivity contribution in [3.05, 3.63) is 0 Å². The summed E-state index contributed by atoms with van der Waals surface area (Å²) in [5, 5.41) is 0. The van der Waals surface area contributed by atoms with Gasteiger partial charge in [0.05, 0.1) is 6.04 Å². The summed E-state index contributed by atoms with van der Waals surface area (Å²) in [6.07, 6.45) is 4.07. The molecule has 1 aliphatic carbocycles. The average Bonchev–Trinajstić information content (AvgIpc) is 3.08. The fraction of sp³-hybridized carbons (Fsp3) is 0.923. The standard InChI is InChI=1S/C13H26N2O2/c1-10(2)15(9-11-6-7-11)13(16)12(14)5-4-8-17-3/h10-12H,4-9,14H2,1-3H3. The predicted molar refractivity (Wildman–Crippen MR) is 68.7 cm³/mol. The molecule has 0 aliphatic heterocycles. The highest BCUT2D eigenvalue weighted by Gasteiger charge is 2.30. The minimum Gasteiger partial charge on any atom is -0.385 e. The van der Waals surface area contributed by atoms with E-state index < -0.39 is 0 Å². The molecule has 17 heavy (non-hydrogen) atoms. The van der Waals surface area contributed by atoms with Crippen molar-refractivity contribution in [3.8, 4) is 0 Å². The Kier molecular flexibility index (Phi) is 5.92. The van der Waals surface area contributed by atoms with E-state index in [0.717, 1.165) is 13.0 Å². The summed E-state index contributed by atoms with van der Waals surface area (Å²) in [7, 11) is 1.67. The average molecular weight is 242 g/mol. The van der Waals surface area contributed by atoms with Crippen molar-refractivity contribution in [1.29, 1.82) is 0 Å². The molecule has 0 spiro atoms. The zero-order valence-electron chi connectivity index (χ0n) is 11.3. The first-order valence-corrected chi connectivity index (χ1v) is 6.61. The number of nitrogens with zero attached hydrogens (tertiary/aromatic N) is 1. The summed E-state index contributed by atoms with van der Waals surface area (Å²) in [5.74, 6) is 0.815. The fourth-order valence-corrected chi connectivity index (χ4v) is 1.92. The van der Waals surface area contributed by atoms with E-state index in [0.29, 0.717) is 18.9 Å². The summed E-state index contributed by atoms with van der Waals surface area (Å²) < 4.78 is 4.97. The van der Waals surface area contributed by atoms with Gasteiger partial charge in [0, 0.05) is 26.3 Å². The summed E-state index contributed by atoms with van der Waals surface area (Å²) in [4.78, 5) is 14.1. The van der Waals surface area contributed by atoms with Gasteiger partial charge in [-0.2, -0.15) is 0 Å². The zero-order chi connectivity index (χ0) is 12.8. The molecule has 0 aromatic carbocycles. The third-order valence-electron chi connectivity index (χ3n) is 3.24. The van der Waals surface area contributed by atoms with Crippen LogP contribution in [0.5, 0.6) is 0 Å². The number of carbonyl (C=O) groups is 1. The van der Waals surface area contributed by atoms with E-state index in [1.165, 1.54) is 12.8 Å². The molecule has 1 aliphatic rings. The molecule has 0 heterocycles. The Labute approximate surface area is 104 Å². The third-order valence-corrected chi connectivity index (χ3v) is 3.24. The summed E-state index contributed by atoms with van der Waals surface area (Å²) in [5.41, 5.74) is 5.95. The monoisotopic (exact) mass is 242 g/mol. The Morgan fingerprint density at radius 3 is 2.59 bits per heavy atom. The number of rotatable bonds is 8. The van der Waals surface area contributed by atoms with Gasteiger partial charge in [-0.15, -0.1) is 0 Å². The van der Waals surface area contributed by atoms with E-state index in [4.69, 9.17) is 10.5 Å². The van der Waals surface area contributed by atoms with Gasteiger partial charge in [0.1, 0.15) is 0 Å². The molecular weight excluding hydrogens is 216 g/mol. The van der Waals surface area contributed by atoms with E-state index in [9.17, 15) is 4.79 Å². The van der Waals surface area contributed by atoms with Crippen molar-refractivity contribution in [1.82, 2.24) is 4.90 Å². The smallest absolute Gasteiger partial charge is 0.239 e. The quantitative estimate of drug-likeness (QED) is 0.654. The second-order valence-electron chi connectivity index (χ2n) is 5.27. The van der Waals surface area contributed by atoms with Crippen molar-refractivity contribution in [2.75, 3.05) is 20.3 Å². The number of amides is 1. The molecule has 0 aromatic heterocycles. The first-order valence-electron chi connectivity index (χ1n) is 6.61. The lowest BCUT2D eigenvalue weighted by Gasteiger charge is -2.29. The molecule has 1 amide bonds. The Morgan fingerprint density at radius 1 is 1.47 bits per heavy atom. The maximum Gasteiger partial charge on any atom is 0.239 e. The molecule has 1 rings (SSSR count). The van der Waals surface area contributed by atoms with Crippen LogP contribution in [0.3, 0.4) is 0 Å². The van der Waals surface area contributed by atoms with Gasteiger partial charge in [-0.1, -0.05) is 0 Å². The van der Waals surface area contributed by atoms with E-state index in [-0.39, 0.29) is 18.0 Å². The predicted octanol–water partition coefficient (Wildman–Crippen LogP) is 1.39. The number of nitrogens with two attached hydrogens (primary N) is 1. The van der Waals surface area contributed by atoms with Crippen LogP contribution in [-0.4, -0.2) is 43.2 Å². The Morgan fingerprint density at radius 2 is 2.12 bits per heavy atom. The van der Waals surface area contributed by atoms with Crippen LogP contribution in [0, 0.1) is 5.92 Å². The topological polar surface area (TPSA) is 55.6 Å². The van der Waals surface area contributed by atoms with E-state index >= 15 is 0 Å². The first kappa shape index (κ1) is 14.5. The summed E-state index contributed by atoms with van der Waals surface area (Å²) >= 11 is 0. The lowest BCUT2D eigenvalue weighted by atomic mass is 10.1. The molecule has 100 valence electrons. The van der Waals surface area contributed by atoms with Gasteiger partial charge in [-0.25, -0.2) is 0 Å². The van der Waals surface area contributed by atoms with E-state index in [1.54, 1.807) is 7.11 Å². The van der Waals surface area contributed by atoms with Crippen LogP contribution >= 0.6 is 0 Å². The molecule has 0 bridgehead atoms. The zero-order valence-corrected chi connectivity index (χ0v) is 11.3. The van der Waals surface area contributed by atoms with Crippen LogP contribution in [0.4, 0.5) is 0 Å². The number of ether oxygens (including phenoxy) is 1. The molecular formula is C13H26N2O2. The lowest BCUT2D eigenvalue weighted by molar-refractivity contribution is -0.134. The molecule has 0 saturated heterocycles. The highest BCUT2D eigenvalue weighted by atomic mass is 16.5. The van der Waals surface area contributed by atoms with Crippen molar-refractivity contribution in [2.45, 2.75) is 51.6 Å². The van der Waals surface area contributed by atoms with Crippen LogP contribution in [-0.2, 0) is 9.53 Å². The molecule has 0 radical (unpaired) electrons. The Hall–Kier alpha value is -0.610. The van der Waals surface area contributed by atoms with Crippen LogP contribution in [0.25, 0.3) is 0 Å². The largest absolute Gasteiger partial charge is 0.385 e. The van der Waals surface area contributed by atoms with Crippen LogP contribution < -0.4 is 5.73 Å². The van der Waals surface area contributed by atoms with Crippen molar-refractivity contribution >= 4 is 5.91 Å². The van der Waals surface area contributed by atoms with Crippen molar-refractivity contribution in [3.63, 3.8) is 0 Å². The second-order valence-corrected chi connectivity index (χ2v) is 5.27. The van der Waals surface area contributed by atoms with Crippen molar-refractivity contribution < 1.29 is 9.53 Å². The number of hydrogen-bond acceptors (Lipinski definition) is 3. The fourth-order valence-electron chi connectivity index (χ4n) is 1.92. The number of hydrogen-bond donors (Lipinski definition) is 1. The van der Waals surface area contributed by atoms with Gasteiger partial charge in [0.2, 0.25) is 5.91 Å². The van der Waals surface area contributed by atoms with Crippen LogP contribution in [0.1, 0.15) is 39.5 Å². The van der Waals surface area contributed by atoms with Gasteiger partial charge < -0.3 is 15.4 Å². The minimum absolute atomic E-state index is 0.100. The third kappa shape index (κ3) is 5.04. The molecule has 1 fully saturated rings. The summed E-state index contributed by atoms with van der Waals surface area (Å²) in [6, 6.07) is -0.122. The van der Waals surface area contributed by atoms with Gasteiger partial charge >= 0.3 is 0 Å². The molecule has 1 saturated carbocycles. The molecule has 2 N–H and O–H groups in total. The minimum atomic E-state index is -0.369. The molecule has 4 heteroatoms. The number of methoxy groups -OCH3 is 1. The highest BCUT2D eigenvalue weighted by Crippen LogP contribution is 2.30. The second kappa shape index (κ2) is 6.97. The van der Waals surface area contributed by atoms with E-state index in [2.05, 4.69) is 13.8 Å².